The standard InChI is InChI=1S/C15H24N2O/c1-2-18-9-5-7-14(17-16)11-13-10-12-6-3-4-8-15(12)13/h3-4,6,8,13-14,17H,2,5,7,9-11,16H2,1H3. The smallest absolute Gasteiger partial charge is 0.0466 e. The van der Waals surface area contributed by atoms with Crippen LogP contribution >= 0.6 is 0 Å². The highest BCUT2D eigenvalue weighted by molar-refractivity contribution is 5.39. The number of nitrogens with one attached hydrogen (secondary N) is 1. The lowest BCUT2D eigenvalue weighted by atomic mass is 9.74. The third kappa shape index (κ3) is 3.31. The Balaban J connectivity index is 1.75. The Kier molecular flexibility index (Phi) is 5.17. The fourth-order valence-corrected chi connectivity index (χ4v) is 2.76. The first kappa shape index (κ1) is 13.5. The van der Waals surface area contributed by atoms with Gasteiger partial charge in [0.15, 0.2) is 0 Å². The molecule has 0 saturated carbocycles. The maximum atomic E-state index is 5.64. The molecule has 3 N–H and O–H groups in total. The van der Waals surface area contributed by atoms with Crippen molar-refractivity contribution in [3.8, 4) is 0 Å². The summed E-state index contributed by atoms with van der Waals surface area (Å²) < 4.78 is 5.36. The van der Waals surface area contributed by atoms with E-state index in [0.717, 1.165) is 32.5 Å². The van der Waals surface area contributed by atoms with Crippen molar-refractivity contribution in [1.82, 2.24) is 5.43 Å². The Bertz CT molecular complexity index is 367. The summed E-state index contributed by atoms with van der Waals surface area (Å²) >= 11 is 0. The number of ether oxygens (including phenoxy) is 1. The lowest BCUT2D eigenvalue weighted by Crippen LogP contribution is -2.38. The van der Waals surface area contributed by atoms with E-state index in [4.69, 9.17) is 10.6 Å². The molecule has 0 saturated heterocycles. The third-order valence-electron chi connectivity index (χ3n) is 3.81. The van der Waals surface area contributed by atoms with Crippen LogP contribution in [0.2, 0.25) is 0 Å². The van der Waals surface area contributed by atoms with Gasteiger partial charge >= 0.3 is 0 Å². The average molecular weight is 248 g/mol. The van der Waals surface area contributed by atoms with Crippen molar-refractivity contribution in [1.29, 1.82) is 0 Å². The summed E-state index contributed by atoms with van der Waals surface area (Å²) in [6.45, 7) is 3.68. The fourth-order valence-electron chi connectivity index (χ4n) is 2.76. The van der Waals surface area contributed by atoms with E-state index in [1.165, 1.54) is 17.5 Å². The number of benzene rings is 1. The van der Waals surface area contributed by atoms with E-state index in [1.54, 1.807) is 0 Å². The summed E-state index contributed by atoms with van der Waals surface area (Å²) in [6.07, 6.45) is 4.52. The van der Waals surface area contributed by atoms with E-state index >= 15 is 0 Å². The minimum absolute atomic E-state index is 0.406. The van der Waals surface area contributed by atoms with Crippen LogP contribution in [0.1, 0.15) is 43.2 Å². The van der Waals surface area contributed by atoms with Gasteiger partial charge in [-0.2, -0.15) is 0 Å². The van der Waals surface area contributed by atoms with Crippen molar-refractivity contribution in [3.05, 3.63) is 35.4 Å². The van der Waals surface area contributed by atoms with Crippen molar-refractivity contribution >= 4 is 0 Å². The second-order valence-corrected chi connectivity index (χ2v) is 5.04. The van der Waals surface area contributed by atoms with Crippen molar-refractivity contribution in [2.75, 3.05) is 13.2 Å². The Morgan fingerprint density at radius 1 is 1.44 bits per heavy atom. The van der Waals surface area contributed by atoms with Crippen LogP contribution in [-0.2, 0) is 11.2 Å². The van der Waals surface area contributed by atoms with Gasteiger partial charge in [0, 0.05) is 19.3 Å². The van der Waals surface area contributed by atoms with Crippen LogP contribution in [0, 0.1) is 0 Å². The van der Waals surface area contributed by atoms with Gasteiger partial charge < -0.3 is 4.74 Å². The SMILES string of the molecule is CCOCCCC(CC1Cc2ccccc21)NN. The third-order valence-corrected chi connectivity index (χ3v) is 3.81. The molecule has 0 aromatic heterocycles. The molecular formula is C15H24N2O. The number of nitrogens with two attached hydrogens (primary N) is 1. The zero-order chi connectivity index (χ0) is 12.8. The Labute approximate surface area is 110 Å². The van der Waals surface area contributed by atoms with Crippen molar-refractivity contribution < 1.29 is 4.74 Å². The molecule has 2 atom stereocenters. The molecule has 1 aromatic rings. The summed E-state index contributed by atoms with van der Waals surface area (Å²) in [5, 5.41) is 0. The Hall–Kier alpha value is -0.900. The number of hydrogen-bond acceptors (Lipinski definition) is 3. The van der Waals surface area contributed by atoms with Crippen LogP contribution in [-0.4, -0.2) is 19.3 Å². The first-order valence-corrected chi connectivity index (χ1v) is 6.96. The molecule has 0 radical (unpaired) electrons. The molecule has 2 unspecified atom stereocenters. The number of rotatable bonds is 8. The van der Waals surface area contributed by atoms with Crippen LogP contribution in [0.15, 0.2) is 24.3 Å². The first-order chi connectivity index (χ1) is 8.85. The van der Waals surface area contributed by atoms with Gasteiger partial charge in [-0.05, 0) is 49.7 Å². The van der Waals surface area contributed by atoms with Crippen molar-refractivity contribution in [3.63, 3.8) is 0 Å². The molecule has 0 aliphatic heterocycles. The normalized spacial score (nSPS) is 19.1. The molecular weight excluding hydrogens is 224 g/mol. The van der Waals surface area contributed by atoms with Gasteiger partial charge in [-0.1, -0.05) is 24.3 Å². The fraction of sp³-hybridized carbons (Fsp3) is 0.600. The average Bonchev–Trinajstić information content (AvgIpc) is 2.38. The van der Waals surface area contributed by atoms with Crippen LogP contribution in [0.4, 0.5) is 0 Å². The van der Waals surface area contributed by atoms with E-state index < -0.39 is 0 Å². The molecule has 3 nitrogen and oxygen atoms in total. The summed E-state index contributed by atoms with van der Waals surface area (Å²) in [5.41, 5.74) is 5.98. The van der Waals surface area contributed by atoms with Crippen LogP contribution in [0.25, 0.3) is 0 Å². The lowest BCUT2D eigenvalue weighted by Gasteiger charge is -2.33. The van der Waals surface area contributed by atoms with E-state index in [2.05, 4.69) is 29.7 Å². The molecule has 1 aliphatic rings. The van der Waals surface area contributed by atoms with E-state index in [-0.39, 0.29) is 0 Å². The van der Waals surface area contributed by atoms with Gasteiger partial charge in [0.05, 0.1) is 0 Å². The van der Waals surface area contributed by atoms with E-state index in [1.807, 2.05) is 6.92 Å². The maximum Gasteiger partial charge on any atom is 0.0466 e. The molecule has 0 spiro atoms. The summed E-state index contributed by atoms with van der Waals surface area (Å²) in [5.74, 6) is 6.33. The first-order valence-electron chi connectivity index (χ1n) is 6.96. The minimum atomic E-state index is 0.406. The number of hydrogen-bond donors (Lipinski definition) is 2. The monoisotopic (exact) mass is 248 g/mol. The highest BCUT2D eigenvalue weighted by atomic mass is 16.5. The highest BCUT2D eigenvalue weighted by Crippen LogP contribution is 2.38. The van der Waals surface area contributed by atoms with Crippen LogP contribution < -0.4 is 11.3 Å². The Morgan fingerprint density at radius 2 is 2.28 bits per heavy atom. The van der Waals surface area contributed by atoms with Gasteiger partial charge in [-0.3, -0.25) is 11.3 Å². The minimum Gasteiger partial charge on any atom is -0.382 e. The number of hydrazine groups is 1. The predicted molar refractivity (Wildman–Crippen MR) is 74.3 cm³/mol. The topological polar surface area (TPSA) is 47.3 Å². The van der Waals surface area contributed by atoms with Crippen molar-refractivity contribution in [2.24, 2.45) is 5.84 Å². The van der Waals surface area contributed by atoms with E-state index in [0.29, 0.717) is 12.0 Å². The molecule has 100 valence electrons. The zero-order valence-electron chi connectivity index (χ0n) is 11.2. The summed E-state index contributed by atoms with van der Waals surface area (Å²) in [7, 11) is 0. The van der Waals surface area contributed by atoms with Gasteiger partial charge in [0.2, 0.25) is 0 Å². The largest absolute Gasteiger partial charge is 0.382 e. The predicted octanol–water partition coefficient (Wildman–Crippen LogP) is 2.37. The van der Waals surface area contributed by atoms with E-state index in [9.17, 15) is 0 Å². The molecule has 18 heavy (non-hydrogen) atoms. The molecule has 0 fully saturated rings. The molecule has 3 heteroatoms. The van der Waals surface area contributed by atoms with Gasteiger partial charge in [-0.25, -0.2) is 0 Å². The molecule has 0 heterocycles. The molecule has 2 rings (SSSR count). The maximum absolute atomic E-state index is 5.64. The van der Waals surface area contributed by atoms with Gasteiger partial charge in [-0.15, -0.1) is 0 Å². The second-order valence-electron chi connectivity index (χ2n) is 5.04. The molecule has 0 bridgehead atoms. The number of fused-ring (bicyclic) bond motifs is 1. The zero-order valence-corrected chi connectivity index (χ0v) is 11.2. The molecule has 1 aliphatic carbocycles. The second kappa shape index (κ2) is 6.88. The summed E-state index contributed by atoms with van der Waals surface area (Å²) in [4.78, 5) is 0. The lowest BCUT2D eigenvalue weighted by molar-refractivity contribution is 0.140. The Morgan fingerprint density at radius 3 is 3.00 bits per heavy atom. The quantitative estimate of drug-likeness (QED) is 0.422. The van der Waals surface area contributed by atoms with Crippen LogP contribution in [0.3, 0.4) is 0 Å². The van der Waals surface area contributed by atoms with Gasteiger partial charge in [0.25, 0.3) is 0 Å². The molecule has 1 aromatic carbocycles. The molecule has 0 amide bonds. The van der Waals surface area contributed by atoms with Crippen LogP contribution in [0.5, 0.6) is 0 Å². The van der Waals surface area contributed by atoms with Crippen molar-refractivity contribution in [2.45, 2.75) is 44.6 Å². The summed E-state index contributed by atoms with van der Waals surface area (Å²) in [6, 6.07) is 9.13. The van der Waals surface area contributed by atoms with Gasteiger partial charge in [0.1, 0.15) is 0 Å². The highest BCUT2D eigenvalue weighted by Gasteiger charge is 2.27.